The van der Waals surface area contributed by atoms with E-state index in [0.29, 0.717) is 11.3 Å². The van der Waals surface area contributed by atoms with Crippen LogP contribution in [-0.2, 0) is 0 Å². The molecule has 3 nitrogen and oxygen atoms in total. The number of rotatable bonds is 3. The van der Waals surface area contributed by atoms with Gasteiger partial charge < -0.3 is 0 Å². The quantitative estimate of drug-likeness (QED) is 0.448. The van der Waals surface area contributed by atoms with Crippen LogP contribution >= 0.6 is 0 Å². The van der Waals surface area contributed by atoms with Gasteiger partial charge in [-0.1, -0.05) is 66.7 Å². The van der Waals surface area contributed by atoms with Crippen molar-refractivity contribution in [1.82, 2.24) is 0 Å². The van der Waals surface area contributed by atoms with Crippen LogP contribution in [0, 0.1) is 6.92 Å². The van der Waals surface area contributed by atoms with Crippen LogP contribution in [-0.4, -0.2) is 5.91 Å². The minimum Gasteiger partial charge on any atom is -0.267 e. The van der Waals surface area contributed by atoms with Gasteiger partial charge in [-0.3, -0.25) is 4.79 Å². The molecule has 3 heteroatoms. The Kier molecular flexibility index (Phi) is 4.22. The van der Waals surface area contributed by atoms with Crippen molar-refractivity contribution in [3.8, 4) is 11.1 Å². The zero-order valence-corrected chi connectivity index (χ0v) is 12.9. The van der Waals surface area contributed by atoms with Gasteiger partial charge in [-0.2, -0.15) is 0 Å². The van der Waals surface area contributed by atoms with Gasteiger partial charge >= 0.3 is 0 Å². The number of aryl methyl sites for hydroxylation is 1. The van der Waals surface area contributed by atoms with Gasteiger partial charge in [0.25, 0.3) is 5.91 Å². The Balaban J connectivity index is 2.03. The largest absolute Gasteiger partial charge is 0.273 e. The van der Waals surface area contributed by atoms with Crippen molar-refractivity contribution in [3.05, 3.63) is 90.0 Å². The van der Waals surface area contributed by atoms with Gasteiger partial charge in [0.2, 0.25) is 0 Å². The van der Waals surface area contributed by atoms with E-state index in [9.17, 15) is 4.79 Å². The molecule has 0 aliphatic carbocycles. The van der Waals surface area contributed by atoms with E-state index in [2.05, 4.69) is 0 Å². The van der Waals surface area contributed by atoms with Crippen molar-refractivity contribution in [1.29, 1.82) is 0 Å². The molecule has 0 aliphatic heterocycles. The summed E-state index contributed by atoms with van der Waals surface area (Å²) in [7, 11) is 0. The Bertz CT molecular complexity index is 828. The standard InChI is InChI=1S/C20H18N2O/c1-15-9-5-8-14-19(15)22(21)20(23)18-13-7-6-12-17(18)16-10-3-2-4-11-16/h2-14H,21H2,1H3. The molecule has 0 spiro atoms. The molecule has 0 saturated carbocycles. The molecule has 1 amide bonds. The van der Waals surface area contributed by atoms with Crippen LogP contribution in [0.25, 0.3) is 11.1 Å². The second kappa shape index (κ2) is 6.46. The van der Waals surface area contributed by atoms with E-state index in [1.54, 1.807) is 0 Å². The number of amides is 1. The Morgan fingerprint density at radius 2 is 1.43 bits per heavy atom. The van der Waals surface area contributed by atoms with E-state index in [4.69, 9.17) is 5.84 Å². The normalized spacial score (nSPS) is 10.3. The van der Waals surface area contributed by atoms with Crippen LogP contribution in [0.3, 0.4) is 0 Å². The molecule has 114 valence electrons. The highest BCUT2D eigenvalue weighted by atomic mass is 16.2. The SMILES string of the molecule is Cc1ccccc1N(N)C(=O)c1ccccc1-c1ccccc1. The Labute approximate surface area is 136 Å². The van der Waals surface area contributed by atoms with Gasteiger partial charge in [-0.05, 0) is 35.7 Å². The van der Waals surface area contributed by atoms with Gasteiger partial charge in [0.05, 0.1) is 5.69 Å². The van der Waals surface area contributed by atoms with Crippen LogP contribution in [0.1, 0.15) is 15.9 Å². The molecule has 0 saturated heterocycles. The maximum absolute atomic E-state index is 12.9. The minimum absolute atomic E-state index is 0.223. The highest BCUT2D eigenvalue weighted by Crippen LogP contribution is 2.26. The number of hydrogen-bond donors (Lipinski definition) is 1. The number of benzene rings is 3. The van der Waals surface area contributed by atoms with E-state index in [-0.39, 0.29) is 5.91 Å². The monoisotopic (exact) mass is 302 g/mol. The predicted molar refractivity (Wildman–Crippen MR) is 94.1 cm³/mol. The lowest BCUT2D eigenvalue weighted by Gasteiger charge is -2.20. The summed E-state index contributed by atoms with van der Waals surface area (Å²) in [5.41, 5.74) is 4.13. The van der Waals surface area contributed by atoms with Gasteiger partial charge in [-0.25, -0.2) is 10.9 Å². The fraction of sp³-hybridized carbons (Fsp3) is 0.0500. The number of carbonyl (C=O) groups is 1. The van der Waals surface area contributed by atoms with Gasteiger partial charge in [0.1, 0.15) is 0 Å². The third-order valence-electron chi connectivity index (χ3n) is 3.84. The summed E-state index contributed by atoms with van der Waals surface area (Å²) >= 11 is 0. The van der Waals surface area contributed by atoms with E-state index in [1.807, 2.05) is 85.8 Å². The number of carbonyl (C=O) groups excluding carboxylic acids is 1. The predicted octanol–water partition coefficient (Wildman–Crippen LogP) is 4.18. The molecular weight excluding hydrogens is 284 g/mol. The van der Waals surface area contributed by atoms with E-state index >= 15 is 0 Å². The number of nitrogens with zero attached hydrogens (tertiary/aromatic N) is 1. The van der Waals surface area contributed by atoms with Crippen LogP contribution < -0.4 is 10.9 Å². The average molecular weight is 302 g/mol. The second-order valence-electron chi connectivity index (χ2n) is 5.37. The fourth-order valence-electron chi connectivity index (χ4n) is 2.61. The van der Waals surface area contributed by atoms with Crippen molar-refractivity contribution in [2.24, 2.45) is 5.84 Å². The van der Waals surface area contributed by atoms with Crippen molar-refractivity contribution >= 4 is 11.6 Å². The van der Waals surface area contributed by atoms with Crippen LogP contribution in [0.2, 0.25) is 0 Å². The van der Waals surface area contributed by atoms with Crippen LogP contribution in [0.4, 0.5) is 5.69 Å². The molecule has 0 unspecified atom stereocenters. The van der Waals surface area contributed by atoms with Crippen molar-refractivity contribution in [2.75, 3.05) is 5.01 Å². The molecule has 0 atom stereocenters. The molecule has 0 radical (unpaired) electrons. The lowest BCUT2D eigenvalue weighted by atomic mass is 9.99. The zero-order chi connectivity index (χ0) is 16.2. The molecule has 0 heterocycles. The maximum Gasteiger partial charge on any atom is 0.273 e. The molecule has 23 heavy (non-hydrogen) atoms. The van der Waals surface area contributed by atoms with E-state index in [0.717, 1.165) is 16.7 Å². The molecule has 3 rings (SSSR count). The summed E-state index contributed by atoms with van der Waals surface area (Å²) in [6.45, 7) is 1.94. The van der Waals surface area contributed by atoms with Crippen LogP contribution in [0.5, 0.6) is 0 Å². The number of hydrazine groups is 1. The highest BCUT2D eigenvalue weighted by Gasteiger charge is 2.19. The van der Waals surface area contributed by atoms with Crippen molar-refractivity contribution < 1.29 is 4.79 Å². The van der Waals surface area contributed by atoms with Gasteiger partial charge in [0, 0.05) is 5.56 Å². The average Bonchev–Trinajstić information content (AvgIpc) is 2.62. The lowest BCUT2D eigenvalue weighted by molar-refractivity contribution is 0.0987. The van der Waals surface area contributed by atoms with Gasteiger partial charge in [-0.15, -0.1) is 0 Å². The molecule has 3 aromatic rings. The summed E-state index contributed by atoms with van der Waals surface area (Å²) in [4.78, 5) is 12.9. The first kappa shape index (κ1) is 15.0. The molecule has 0 aromatic heterocycles. The molecular formula is C20H18N2O. The Morgan fingerprint density at radius 3 is 2.17 bits per heavy atom. The highest BCUT2D eigenvalue weighted by molar-refractivity contribution is 6.09. The summed E-state index contributed by atoms with van der Waals surface area (Å²) in [6, 6.07) is 24.9. The second-order valence-corrected chi connectivity index (χ2v) is 5.37. The first-order valence-corrected chi connectivity index (χ1v) is 7.47. The minimum atomic E-state index is -0.223. The molecule has 3 aromatic carbocycles. The van der Waals surface area contributed by atoms with E-state index in [1.165, 1.54) is 5.01 Å². The Hall–Kier alpha value is -2.91. The smallest absolute Gasteiger partial charge is 0.267 e. The molecule has 2 N–H and O–H groups in total. The lowest BCUT2D eigenvalue weighted by Crippen LogP contribution is -2.38. The van der Waals surface area contributed by atoms with Crippen molar-refractivity contribution in [2.45, 2.75) is 6.92 Å². The third kappa shape index (κ3) is 3.00. The topological polar surface area (TPSA) is 46.3 Å². The molecule has 0 bridgehead atoms. The van der Waals surface area contributed by atoms with Gasteiger partial charge in [0.15, 0.2) is 0 Å². The summed E-state index contributed by atoms with van der Waals surface area (Å²) in [5, 5.41) is 1.22. The summed E-state index contributed by atoms with van der Waals surface area (Å²) in [6.07, 6.45) is 0. The first-order valence-electron chi connectivity index (χ1n) is 7.47. The van der Waals surface area contributed by atoms with E-state index < -0.39 is 0 Å². The number of para-hydroxylation sites is 1. The van der Waals surface area contributed by atoms with Crippen molar-refractivity contribution in [3.63, 3.8) is 0 Å². The fourth-order valence-corrected chi connectivity index (χ4v) is 2.61. The van der Waals surface area contributed by atoms with Crippen LogP contribution in [0.15, 0.2) is 78.9 Å². The molecule has 0 aliphatic rings. The first-order chi connectivity index (χ1) is 11.2. The number of nitrogens with two attached hydrogens (primary N) is 1. The zero-order valence-electron chi connectivity index (χ0n) is 12.9. The number of hydrogen-bond acceptors (Lipinski definition) is 2. The number of anilines is 1. The Morgan fingerprint density at radius 1 is 0.826 bits per heavy atom. The summed E-state index contributed by atoms with van der Waals surface area (Å²) < 4.78 is 0. The maximum atomic E-state index is 12.9. The third-order valence-corrected chi connectivity index (χ3v) is 3.84. The molecule has 0 fully saturated rings. The summed E-state index contributed by atoms with van der Waals surface area (Å²) in [5.74, 6) is 5.88.